The van der Waals surface area contributed by atoms with E-state index < -0.39 is 23.0 Å². The number of fused-ring (bicyclic) bond motifs is 15. The van der Waals surface area contributed by atoms with Crippen LogP contribution in [0.2, 0.25) is 0 Å². The summed E-state index contributed by atoms with van der Waals surface area (Å²) in [6.45, 7) is 8.34. The van der Waals surface area contributed by atoms with E-state index in [4.69, 9.17) is 34.0 Å². The lowest BCUT2D eigenvalue weighted by molar-refractivity contribution is -0.176. The number of rotatable bonds is 9. The summed E-state index contributed by atoms with van der Waals surface area (Å²) in [6, 6.07) is 174. The largest absolute Gasteiger partial charge is 0.494 e. The van der Waals surface area contributed by atoms with Crippen molar-refractivity contribution in [3.63, 3.8) is 0 Å². The van der Waals surface area contributed by atoms with Crippen LogP contribution in [0.5, 0.6) is 34.5 Å². The van der Waals surface area contributed by atoms with Crippen molar-refractivity contribution >= 4 is 196 Å². The van der Waals surface area contributed by atoms with E-state index in [-0.39, 0.29) is 18.3 Å². The van der Waals surface area contributed by atoms with Gasteiger partial charge in [0.15, 0.2) is 7.14 Å². The summed E-state index contributed by atoms with van der Waals surface area (Å²) in [4.78, 5) is 0. The van der Waals surface area contributed by atoms with Crippen molar-refractivity contribution in [2.45, 2.75) is 38.9 Å². The van der Waals surface area contributed by atoms with E-state index in [0.717, 1.165) is 66.3 Å². The Bertz CT molecular complexity index is 9060. The summed E-state index contributed by atoms with van der Waals surface area (Å²) in [7, 11) is -5.09. The Morgan fingerprint density at radius 1 is 0.248 bits per heavy atom. The fourth-order valence-electron chi connectivity index (χ4n) is 21.6. The zero-order valence-electron chi connectivity index (χ0n) is 79.9. The highest BCUT2D eigenvalue weighted by atomic mass is 79.9. The van der Waals surface area contributed by atoms with Gasteiger partial charge in [-0.3, -0.25) is 10.5 Å². The van der Waals surface area contributed by atoms with Gasteiger partial charge in [0.1, 0.15) is 34.5 Å². The van der Waals surface area contributed by atoms with E-state index in [1.165, 1.54) is 167 Å². The second-order valence-electron chi connectivity index (χ2n) is 37.7. The molecule has 28 rings (SSSR count). The van der Waals surface area contributed by atoms with Gasteiger partial charge in [0.25, 0.3) is 0 Å². The van der Waals surface area contributed by atoms with Gasteiger partial charge < -0.3 is 28.1 Å². The van der Waals surface area contributed by atoms with Crippen molar-refractivity contribution in [2.75, 3.05) is 0 Å². The summed E-state index contributed by atoms with van der Waals surface area (Å²) >= 11 is 3.84. The monoisotopic (exact) mass is 1990 g/mol. The van der Waals surface area contributed by atoms with Crippen LogP contribution in [0.1, 0.15) is 27.7 Å². The Morgan fingerprint density at radius 3 is 0.945 bits per heavy atom. The zero-order valence-corrected chi connectivity index (χ0v) is 84.2. The molecule has 4 aliphatic rings. The van der Waals surface area contributed by atoms with E-state index >= 15 is 4.57 Å². The number of ether oxygens (including phenoxy) is 3. The maximum atomic E-state index is 15.5. The first-order chi connectivity index (χ1) is 71.3. The topological polar surface area (TPSA) is 104 Å². The van der Waals surface area contributed by atoms with Gasteiger partial charge in [-0.2, -0.15) is 0 Å². The first kappa shape index (κ1) is 91.9. The Kier molecular flexibility index (Phi) is 24.5. The first-order valence-corrected chi connectivity index (χ1v) is 54.0. The van der Waals surface area contributed by atoms with Crippen LogP contribution in [-0.2, 0) is 13.9 Å². The van der Waals surface area contributed by atoms with E-state index in [9.17, 15) is 0 Å². The number of halogens is 1. The first-order valence-electron chi connectivity index (χ1n) is 48.8. The minimum absolute atomic E-state index is 0.360. The molecule has 3 atom stereocenters. The molecule has 3 unspecified atom stereocenters. The molecule has 145 heavy (non-hydrogen) atoms. The average Bonchev–Trinajstić information content (AvgIpc) is 1.76. The van der Waals surface area contributed by atoms with Crippen LogP contribution in [0.25, 0.3) is 153 Å². The Hall–Kier alpha value is -15.5. The molecule has 1 fully saturated rings. The summed E-state index contributed by atoms with van der Waals surface area (Å²) in [5.74, 6) is 5.06. The van der Waals surface area contributed by atoms with Crippen LogP contribution in [0.3, 0.4) is 0 Å². The Morgan fingerprint density at radius 2 is 0.531 bits per heavy atom. The molecule has 0 bridgehead atoms. The van der Waals surface area contributed by atoms with E-state index in [1.807, 2.05) is 66.7 Å². The maximum Gasteiger partial charge on any atom is 0.494 e. The average molecular weight is 1990 g/mol. The highest BCUT2D eigenvalue weighted by Gasteiger charge is 2.52. The van der Waals surface area contributed by atoms with Crippen molar-refractivity contribution in [2.24, 2.45) is 0 Å². The van der Waals surface area contributed by atoms with Crippen molar-refractivity contribution in [3.05, 3.63) is 496 Å². The molecule has 2 N–H and O–H groups in total. The van der Waals surface area contributed by atoms with Crippen LogP contribution < -0.4 is 67.4 Å². The van der Waals surface area contributed by atoms with Gasteiger partial charge in [-0.15, -0.1) is 0 Å². The second-order valence-corrected chi connectivity index (χ2v) is 45.5. The van der Waals surface area contributed by atoms with E-state index in [0.29, 0.717) is 11.5 Å². The molecule has 24 aromatic carbocycles. The molecule has 0 spiro atoms. The van der Waals surface area contributed by atoms with Gasteiger partial charge >= 0.3 is 7.12 Å². The van der Waals surface area contributed by atoms with Gasteiger partial charge in [0.2, 0.25) is 0 Å². The molecule has 0 radical (unpaired) electrons. The lowest BCUT2D eigenvalue weighted by atomic mass is 9.79. The summed E-state index contributed by atoms with van der Waals surface area (Å²) in [5, 5.41) is 44.3. The third kappa shape index (κ3) is 16.4. The SMILES string of the molecule is Brc1c2ccccc2c(-c2cccc3ccccc23)c2ccccc12.CC1(C)OB(c2ccc3c(c2)P(c2ccccc2)c2ccccc2O3)OC1(C)C.O=P1(c2ccccc2)c2ccccc2Oc2ccc(-c3c4ccccc4c(-c4cccc5ccccc45)c4ccccc34)cc21.OO.c1ccc(P2c3ccccc3Oc3ccc(-c4c5ccccc5c(-c5cccc6ccccc56)c5ccccc45)cc32)cc1. The molecule has 0 amide bonds. The van der Waals surface area contributed by atoms with Crippen LogP contribution in [-0.4, -0.2) is 28.8 Å². The van der Waals surface area contributed by atoms with E-state index in [1.54, 1.807) is 0 Å². The third-order valence-electron chi connectivity index (χ3n) is 29.0. The molecule has 24 aromatic rings. The molecule has 0 aromatic heterocycles. The molecule has 1 saturated heterocycles. The molecule has 4 aliphatic heterocycles. The number of para-hydroxylation sites is 3. The lowest BCUT2D eigenvalue weighted by Crippen LogP contribution is -2.41. The molecule has 0 aliphatic carbocycles. The van der Waals surface area contributed by atoms with Crippen molar-refractivity contribution in [1.29, 1.82) is 0 Å². The number of hydrogen-bond donors (Lipinski definition) is 2. The van der Waals surface area contributed by atoms with Crippen LogP contribution in [0.4, 0.5) is 0 Å². The zero-order chi connectivity index (χ0) is 98.0. The normalized spacial score (nSPS) is 15.3. The van der Waals surface area contributed by atoms with Crippen LogP contribution >= 0.6 is 38.9 Å². The fourth-order valence-corrected chi connectivity index (χ4v) is 30.2. The highest BCUT2D eigenvalue weighted by molar-refractivity contribution is 9.10. The third-order valence-corrected chi connectivity index (χ3v) is 37.9. The summed E-state index contributed by atoms with van der Waals surface area (Å²) < 4.78 is 48.4. The molecular weight excluding hydrogens is 1900 g/mol. The minimum atomic E-state index is -3.22. The van der Waals surface area contributed by atoms with Gasteiger partial charge in [-0.05, 0) is 283 Å². The molecule has 696 valence electrons. The molecule has 8 nitrogen and oxygen atoms in total. The second kappa shape index (κ2) is 38.6. The molecule has 0 saturated carbocycles. The standard InChI is InChI=1S/C42H27O2P.C42H27OP.C24H24BO3P.C24H15Br.H2O2/c43-45(30-15-2-1-3-16-30)39-24-11-10-23-37(39)44-38-26-25-29(27-40(38)45)41-33-18-6-8-20-35(33)42(36-21-9-7-19-34(36)41)32-22-12-14-28-13-4-5-17-31(28)32;1-2-15-30(16-3-1)44-39-24-11-10-23-37(39)43-38-26-25-29(27-40(38)44)41-33-18-6-8-20-35(33)42(36-21-9-7-19-34(36)41)32-22-12-14-28-13-4-5-17-31(28)32;1-23(2)24(3,4)28-25(27-23)17-14-15-20-22(16-17)29(18-10-6-5-7-11-18)21-13-9-8-12-19(21)26-20;25-24-21-13-5-3-11-19(21)23(20-12-4-6-14-22(20)24)18-15-7-9-16-8-1-2-10-17(16)18;1-2/h1-27H;1-27H;5-16H,1-4H3;1-15H;1-2H. The molecule has 4 heterocycles. The minimum Gasteiger partial charge on any atom is -0.456 e. The smallest absolute Gasteiger partial charge is 0.456 e. The van der Waals surface area contributed by atoms with E-state index in [2.05, 4.69) is 468 Å². The summed E-state index contributed by atoms with van der Waals surface area (Å²) in [5.41, 5.74) is 12.6. The number of benzene rings is 24. The van der Waals surface area contributed by atoms with Gasteiger partial charge in [0.05, 0.1) is 21.8 Å². The van der Waals surface area contributed by atoms with Crippen molar-refractivity contribution in [1.82, 2.24) is 0 Å². The Labute approximate surface area is 853 Å². The quantitative estimate of drug-likeness (QED) is 0.0484. The van der Waals surface area contributed by atoms with Gasteiger partial charge in [-0.25, -0.2) is 0 Å². The van der Waals surface area contributed by atoms with Gasteiger partial charge in [-0.1, -0.05) is 437 Å². The maximum absolute atomic E-state index is 15.5. The van der Waals surface area contributed by atoms with Gasteiger partial charge in [0, 0.05) is 31.0 Å². The van der Waals surface area contributed by atoms with Crippen molar-refractivity contribution in [3.8, 4) is 90.1 Å². The predicted octanol–water partition coefficient (Wildman–Crippen LogP) is 32.0. The molecule has 13 heteroatoms. The summed E-state index contributed by atoms with van der Waals surface area (Å²) in [6.07, 6.45) is 0. The Balaban J connectivity index is 0.000000106. The highest BCUT2D eigenvalue weighted by Crippen LogP contribution is 2.56. The predicted molar refractivity (Wildman–Crippen MR) is 616 cm³/mol. The molecular formula is C132H95BBrO8P3. The number of hydrogen-bond acceptors (Lipinski definition) is 8. The van der Waals surface area contributed by atoms with Crippen molar-refractivity contribution < 1.29 is 38.6 Å². The fraction of sp³-hybridized carbons (Fsp3) is 0.0455. The van der Waals surface area contributed by atoms with Crippen LogP contribution in [0, 0.1) is 0 Å². The lowest BCUT2D eigenvalue weighted by Gasteiger charge is -2.32. The van der Waals surface area contributed by atoms with Crippen LogP contribution in [0.15, 0.2) is 496 Å².